The number of carbonyl (C=O) groups excluding carboxylic acids is 2. The van der Waals surface area contributed by atoms with Crippen molar-refractivity contribution in [1.82, 2.24) is 0 Å². The summed E-state index contributed by atoms with van der Waals surface area (Å²) in [7, 11) is 1.02. The number of ether oxygens (including phenoxy) is 6. The van der Waals surface area contributed by atoms with Crippen LogP contribution < -0.4 is 92.1 Å². The molecular formula is C104H112O12P4. The van der Waals surface area contributed by atoms with Gasteiger partial charge in [-0.2, -0.15) is 0 Å². The average molecular weight is 1680 g/mol. The fraction of sp³-hybridized carbons (Fsp3) is 0.269. The highest BCUT2D eigenvalue weighted by Crippen LogP contribution is 2.54. The molecule has 0 bridgehead atoms. The van der Waals surface area contributed by atoms with Gasteiger partial charge in [-0.05, 0) is 270 Å². The van der Waals surface area contributed by atoms with Gasteiger partial charge in [-0.1, -0.05) is 251 Å². The first-order chi connectivity index (χ1) is 56.9. The Morgan fingerprint density at radius 2 is 0.467 bits per heavy atom. The standard InChI is InChI=1S/C56H64O6P2.C48H48O6P2/c1-33-19-34(2)24-43(23-33)63(44-25-35(3)20-36(4)26-44)51-41(31-55(9,10)53(57)58)15-17-47(61-13)49(51)50-48(62-14)18-16-42(32-56(11,12)54(59)60)52(50)64(45-27-37(5)21-38(6)28-45)46-29-39(7)22-40(8)30-46;1-47(2,3)45(49)53-39-31-29-37(51-7)41(43(39)55(33-21-13-9-14-22-33)34-23-15-10-16-24-34)42-38(52-8)30-32-40(54-46(50)48(4,5)6)44(42)56(35-25-17-11-18-26-35)36-27-19-12-20-28-36/h15-30H,31-32H2,1-14H3,(H,57,58)(H,59,60);9-32H,1-8H3. The molecule has 16 heteroatoms. The second-order valence-corrected chi connectivity index (χ2v) is 43.0. The number of aliphatic carboxylic acids is 2. The third kappa shape index (κ3) is 20.5. The third-order valence-electron chi connectivity index (χ3n) is 20.9. The van der Waals surface area contributed by atoms with Crippen molar-refractivity contribution in [2.75, 3.05) is 28.4 Å². The van der Waals surface area contributed by atoms with Gasteiger partial charge in [0.05, 0.1) is 50.1 Å². The minimum Gasteiger partial charge on any atom is -0.496 e. The SMILES string of the molecule is COc1ccc(CC(C)(C)C(=O)O)c(P(c2cc(C)cc(C)c2)c2cc(C)cc(C)c2)c1-c1c(OC)ccc(CC(C)(C)C(=O)O)c1P(c1cc(C)cc(C)c1)c1cc(C)cc(C)c1.COc1ccc(OC(=O)C(C)(C)C)c(P(c2ccccc2)c2ccccc2)c1-c1c(OC)ccc(OC(=O)C(C)(C)C)c1P(c1ccccc1)c1ccccc1. The highest BCUT2D eigenvalue weighted by atomic mass is 31.1. The van der Waals surface area contributed by atoms with Crippen molar-refractivity contribution in [2.24, 2.45) is 21.7 Å². The van der Waals surface area contributed by atoms with E-state index < -0.39 is 65.3 Å². The molecule has 0 radical (unpaired) electrons. The molecule has 0 fully saturated rings. The van der Waals surface area contributed by atoms with Crippen molar-refractivity contribution in [1.29, 1.82) is 0 Å². The molecule has 0 heterocycles. The Bertz CT molecular complexity index is 5130. The number of hydrogen-bond acceptors (Lipinski definition) is 10. The van der Waals surface area contributed by atoms with E-state index in [1.54, 1.807) is 56.1 Å². The summed E-state index contributed by atoms with van der Waals surface area (Å²) in [5, 5.41) is 33.7. The summed E-state index contributed by atoms with van der Waals surface area (Å²) >= 11 is 0. The van der Waals surface area contributed by atoms with E-state index in [2.05, 4.69) is 189 Å². The monoisotopic (exact) mass is 1680 g/mol. The molecule has 0 unspecified atom stereocenters. The lowest BCUT2D eigenvalue weighted by Crippen LogP contribution is -2.34. The normalized spacial score (nSPS) is 11.8. The largest absolute Gasteiger partial charge is 0.496 e. The second kappa shape index (κ2) is 38.0. The van der Waals surface area contributed by atoms with Gasteiger partial charge in [0, 0.05) is 32.9 Å². The molecule has 120 heavy (non-hydrogen) atoms. The first-order valence-electron chi connectivity index (χ1n) is 40.3. The van der Waals surface area contributed by atoms with Crippen LogP contribution >= 0.6 is 31.7 Å². The van der Waals surface area contributed by atoms with Gasteiger partial charge in [0.15, 0.2) is 0 Å². The van der Waals surface area contributed by atoms with Crippen LogP contribution in [0.25, 0.3) is 22.3 Å². The number of hydrogen-bond donors (Lipinski definition) is 2. The minimum absolute atomic E-state index is 0.245. The number of carbonyl (C=O) groups is 4. The van der Waals surface area contributed by atoms with E-state index in [1.807, 2.05) is 151 Å². The summed E-state index contributed by atoms with van der Waals surface area (Å²) in [5.41, 5.74) is 10.0. The smallest absolute Gasteiger partial charge is 0.316 e. The maximum absolute atomic E-state index is 13.9. The van der Waals surface area contributed by atoms with E-state index in [4.69, 9.17) is 28.4 Å². The van der Waals surface area contributed by atoms with Crippen LogP contribution in [0.3, 0.4) is 0 Å². The molecule has 0 aliphatic carbocycles. The molecule has 0 saturated carbocycles. The van der Waals surface area contributed by atoms with Gasteiger partial charge in [0.2, 0.25) is 0 Å². The van der Waals surface area contributed by atoms with Gasteiger partial charge in [-0.3, -0.25) is 19.2 Å². The van der Waals surface area contributed by atoms with Crippen molar-refractivity contribution in [3.05, 3.63) is 298 Å². The Hall–Kier alpha value is -10.6. The zero-order valence-corrected chi connectivity index (χ0v) is 76.9. The first-order valence-corrected chi connectivity index (χ1v) is 45.7. The molecule has 0 aliphatic rings. The van der Waals surface area contributed by atoms with Crippen LogP contribution in [0.1, 0.15) is 125 Å². The fourth-order valence-corrected chi connectivity index (χ4v) is 26.4. The summed E-state index contributed by atoms with van der Waals surface area (Å²) < 4.78 is 38.7. The van der Waals surface area contributed by atoms with Crippen LogP contribution in [0, 0.1) is 77.0 Å². The van der Waals surface area contributed by atoms with E-state index in [0.29, 0.717) is 45.6 Å². The number of methoxy groups -OCH3 is 4. The Morgan fingerprint density at radius 3 is 0.675 bits per heavy atom. The fourth-order valence-electron chi connectivity index (χ4n) is 15.3. The molecule has 620 valence electrons. The summed E-state index contributed by atoms with van der Waals surface area (Å²) in [6.07, 6.45) is 0.491. The minimum atomic E-state index is -1.42. The molecular weight excluding hydrogens is 1570 g/mol. The highest BCUT2D eigenvalue weighted by molar-refractivity contribution is 7.82. The van der Waals surface area contributed by atoms with E-state index >= 15 is 0 Å². The molecule has 2 N–H and O–H groups in total. The molecule has 12 rings (SSSR count). The van der Waals surface area contributed by atoms with Gasteiger partial charge in [0.25, 0.3) is 0 Å². The van der Waals surface area contributed by atoms with E-state index in [-0.39, 0.29) is 24.8 Å². The summed E-state index contributed by atoms with van der Waals surface area (Å²) in [6, 6.07) is 83.4. The summed E-state index contributed by atoms with van der Waals surface area (Å²) in [5.74, 6) is 0.640. The lowest BCUT2D eigenvalue weighted by molar-refractivity contribution is -0.147. The molecule has 12 nitrogen and oxygen atoms in total. The van der Waals surface area contributed by atoms with Crippen molar-refractivity contribution in [2.45, 2.75) is 137 Å². The predicted octanol–water partition coefficient (Wildman–Crippen LogP) is 19.5. The van der Waals surface area contributed by atoms with Gasteiger partial charge >= 0.3 is 23.9 Å². The maximum atomic E-state index is 13.9. The maximum Gasteiger partial charge on any atom is 0.316 e. The van der Waals surface area contributed by atoms with Gasteiger partial charge in [-0.15, -0.1) is 0 Å². The third-order valence-corrected chi connectivity index (χ3v) is 30.9. The average Bonchev–Trinajstić information content (AvgIpc) is 0.730. The topological polar surface area (TPSA) is 164 Å². The van der Waals surface area contributed by atoms with Crippen LogP contribution in [0.2, 0.25) is 0 Å². The molecule has 0 atom stereocenters. The number of carboxylic acid groups (broad SMARTS) is 2. The number of carboxylic acids is 2. The summed E-state index contributed by atoms with van der Waals surface area (Å²) in [6.45, 7) is 35.2. The van der Waals surface area contributed by atoms with Gasteiger partial charge in [-0.25, -0.2) is 0 Å². The Labute approximate surface area is 715 Å². The van der Waals surface area contributed by atoms with Crippen molar-refractivity contribution in [3.63, 3.8) is 0 Å². The van der Waals surface area contributed by atoms with Crippen LogP contribution in [0.15, 0.2) is 243 Å². The molecule has 12 aromatic rings. The van der Waals surface area contributed by atoms with Crippen molar-refractivity contribution >= 4 is 119 Å². The van der Waals surface area contributed by atoms with E-state index in [1.165, 1.54) is 0 Å². The number of rotatable bonds is 26. The Kier molecular flexibility index (Phi) is 28.6. The molecule has 0 aliphatic heterocycles. The zero-order chi connectivity index (χ0) is 87.0. The van der Waals surface area contributed by atoms with Gasteiger partial charge in [0.1, 0.15) is 34.5 Å². The number of aryl methyl sites for hydroxylation is 8. The quantitative estimate of drug-likeness (QED) is 0.0300. The van der Waals surface area contributed by atoms with Crippen molar-refractivity contribution in [3.8, 4) is 56.8 Å². The number of benzene rings is 12. The molecule has 0 saturated heterocycles. The van der Waals surface area contributed by atoms with Crippen LogP contribution in [0.4, 0.5) is 0 Å². The second-order valence-electron chi connectivity index (χ2n) is 34.4. The van der Waals surface area contributed by atoms with Crippen LogP contribution in [0.5, 0.6) is 34.5 Å². The van der Waals surface area contributed by atoms with Crippen LogP contribution in [-0.4, -0.2) is 62.5 Å². The Balaban J connectivity index is 0.000000237. The summed E-state index contributed by atoms with van der Waals surface area (Å²) in [4.78, 5) is 54.0. The Morgan fingerprint density at radius 1 is 0.267 bits per heavy atom. The molecule has 12 aromatic carbocycles. The molecule has 0 amide bonds. The highest BCUT2D eigenvalue weighted by Gasteiger charge is 2.41. The lowest BCUT2D eigenvalue weighted by atomic mass is 9.83. The van der Waals surface area contributed by atoms with Crippen LogP contribution in [-0.2, 0) is 32.0 Å². The predicted molar refractivity (Wildman–Crippen MR) is 503 cm³/mol. The van der Waals surface area contributed by atoms with Gasteiger partial charge < -0.3 is 38.6 Å². The molecule has 0 spiro atoms. The number of esters is 2. The first kappa shape index (κ1) is 90.2. The van der Waals surface area contributed by atoms with Crippen molar-refractivity contribution < 1.29 is 57.8 Å². The van der Waals surface area contributed by atoms with E-state index in [9.17, 15) is 29.4 Å². The lowest BCUT2D eigenvalue weighted by Gasteiger charge is -2.33. The van der Waals surface area contributed by atoms with E-state index in [0.717, 1.165) is 130 Å². The zero-order valence-electron chi connectivity index (χ0n) is 73.3. The molecule has 0 aromatic heterocycles.